The molecule has 2 rings (SSSR count). The van der Waals surface area contributed by atoms with E-state index in [1.54, 1.807) is 18.5 Å². The number of carbonyl (C=O) groups is 2. The second kappa shape index (κ2) is 7.70. The molecule has 1 unspecified atom stereocenters. The Morgan fingerprint density at radius 2 is 2.09 bits per heavy atom. The largest absolute Gasteiger partial charge is 0.350 e. The van der Waals surface area contributed by atoms with Crippen molar-refractivity contribution in [1.82, 2.24) is 15.6 Å². The number of hydrogen-bond acceptors (Lipinski definition) is 4. The fourth-order valence-corrected chi connectivity index (χ4v) is 2.58. The number of rotatable bonds is 6. The molecule has 0 bridgehead atoms. The van der Waals surface area contributed by atoms with Crippen LogP contribution >= 0.6 is 11.3 Å². The van der Waals surface area contributed by atoms with Crippen molar-refractivity contribution in [3.05, 3.63) is 52.5 Å². The van der Waals surface area contributed by atoms with E-state index in [0.29, 0.717) is 11.4 Å². The molecule has 6 heteroatoms. The highest BCUT2D eigenvalue weighted by Gasteiger charge is 2.24. The first-order valence-corrected chi connectivity index (χ1v) is 7.97. The highest BCUT2D eigenvalue weighted by molar-refractivity contribution is 7.12. The van der Waals surface area contributed by atoms with E-state index in [4.69, 9.17) is 0 Å². The van der Waals surface area contributed by atoms with Gasteiger partial charge < -0.3 is 10.6 Å². The Kier molecular flexibility index (Phi) is 5.66. The van der Waals surface area contributed by atoms with Crippen LogP contribution in [0.2, 0.25) is 0 Å². The van der Waals surface area contributed by atoms with Gasteiger partial charge in [-0.2, -0.15) is 0 Å². The van der Waals surface area contributed by atoms with E-state index >= 15 is 0 Å². The molecule has 0 aliphatic carbocycles. The van der Waals surface area contributed by atoms with Crippen molar-refractivity contribution < 1.29 is 9.59 Å². The van der Waals surface area contributed by atoms with Gasteiger partial charge in [0, 0.05) is 18.9 Å². The molecular formula is C16H19N3O2S. The van der Waals surface area contributed by atoms with Gasteiger partial charge in [-0.3, -0.25) is 14.6 Å². The molecular weight excluding hydrogens is 298 g/mol. The molecule has 2 amide bonds. The lowest BCUT2D eigenvalue weighted by Crippen LogP contribution is -2.49. The standard InChI is InChI=1S/C16H19N3O2S/c1-11(2)14(19-15(20)13-6-4-8-22-13)16(21)18-10-12-5-3-7-17-9-12/h3-9,11,14H,10H2,1-2H3,(H,18,21)(H,19,20). The van der Waals surface area contributed by atoms with Crippen LogP contribution in [-0.2, 0) is 11.3 Å². The molecule has 0 fully saturated rings. The first-order chi connectivity index (χ1) is 10.6. The Bertz CT molecular complexity index is 612. The zero-order valence-corrected chi connectivity index (χ0v) is 13.4. The van der Waals surface area contributed by atoms with E-state index in [1.807, 2.05) is 37.4 Å². The number of thiophene rings is 1. The van der Waals surface area contributed by atoms with Crippen LogP contribution in [-0.4, -0.2) is 22.8 Å². The van der Waals surface area contributed by atoms with Crippen molar-refractivity contribution >= 4 is 23.2 Å². The second-order valence-corrected chi connectivity index (χ2v) is 6.20. The van der Waals surface area contributed by atoms with Crippen LogP contribution in [0, 0.1) is 5.92 Å². The molecule has 0 saturated carbocycles. The molecule has 0 saturated heterocycles. The highest BCUT2D eigenvalue weighted by Crippen LogP contribution is 2.10. The SMILES string of the molecule is CC(C)C(NC(=O)c1cccs1)C(=O)NCc1cccnc1. The maximum absolute atomic E-state index is 12.3. The Morgan fingerprint density at radius 3 is 2.68 bits per heavy atom. The summed E-state index contributed by atoms with van der Waals surface area (Å²) in [7, 11) is 0. The number of nitrogens with one attached hydrogen (secondary N) is 2. The van der Waals surface area contributed by atoms with E-state index in [0.717, 1.165) is 5.56 Å². The molecule has 1 atom stereocenters. The molecule has 0 spiro atoms. The maximum Gasteiger partial charge on any atom is 0.262 e. The van der Waals surface area contributed by atoms with Crippen molar-refractivity contribution in [1.29, 1.82) is 0 Å². The smallest absolute Gasteiger partial charge is 0.262 e. The van der Waals surface area contributed by atoms with Gasteiger partial charge in [-0.15, -0.1) is 11.3 Å². The predicted molar refractivity (Wildman–Crippen MR) is 86.5 cm³/mol. The predicted octanol–water partition coefficient (Wildman–Crippen LogP) is 2.21. The van der Waals surface area contributed by atoms with E-state index in [-0.39, 0.29) is 17.7 Å². The summed E-state index contributed by atoms with van der Waals surface area (Å²) in [6.45, 7) is 4.21. The normalized spacial score (nSPS) is 12.0. The average molecular weight is 317 g/mol. The Hall–Kier alpha value is -2.21. The van der Waals surface area contributed by atoms with Crippen molar-refractivity contribution in [2.24, 2.45) is 5.92 Å². The monoisotopic (exact) mass is 317 g/mol. The quantitative estimate of drug-likeness (QED) is 0.858. The highest BCUT2D eigenvalue weighted by atomic mass is 32.1. The van der Waals surface area contributed by atoms with Crippen LogP contribution in [0.1, 0.15) is 29.1 Å². The third-order valence-corrected chi connectivity index (χ3v) is 4.04. The summed E-state index contributed by atoms with van der Waals surface area (Å²) in [4.78, 5) is 29.0. The summed E-state index contributed by atoms with van der Waals surface area (Å²) in [6.07, 6.45) is 3.39. The molecule has 0 radical (unpaired) electrons. The number of amides is 2. The lowest BCUT2D eigenvalue weighted by Gasteiger charge is -2.21. The second-order valence-electron chi connectivity index (χ2n) is 5.25. The maximum atomic E-state index is 12.3. The molecule has 2 N–H and O–H groups in total. The molecule has 5 nitrogen and oxygen atoms in total. The Labute approximate surface area is 133 Å². The Balaban J connectivity index is 1.95. The summed E-state index contributed by atoms with van der Waals surface area (Å²) in [6, 6.07) is 6.70. The van der Waals surface area contributed by atoms with E-state index in [2.05, 4.69) is 15.6 Å². The summed E-state index contributed by atoms with van der Waals surface area (Å²) in [5.41, 5.74) is 0.919. The van der Waals surface area contributed by atoms with Crippen LogP contribution in [0.3, 0.4) is 0 Å². The van der Waals surface area contributed by atoms with Gasteiger partial charge in [0.05, 0.1) is 4.88 Å². The van der Waals surface area contributed by atoms with Crippen LogP contribution in [0.5, 0.6) is 0 Å². The minimum absolute atomic E-state index is 0.00203. The lowest BCUT2D eigenvalue weighted by atomic mass is 10.0. The van der Waals surface area contributed by atoms with E-state index in [1.165, 1.54) is 11.3 Å². The van der Waals surface area contributed by atoms with Gasteiger partial charge >= 0.3 is 0 Å². The van der Waals surface area contributed by atoms with E-state index < -0.39 is 6.04 Å². The van der Waals surface area contributed by atoms with Crippen molar-refractivity contribution in [2.45, 2.75) is 26.4 Å². The van der Waals surface area contributed by atoms with Gasteiger partial charge in [0.15, 0.2) is 0 Å². The number of pyridine rings is 1. The topological polar surface area (TPSA) is 71.1 Å². The average Bonchev–Trinajstić information content (AvgIpc) is 3.05. The first kappa shape index (κ1) is 16.2. The van der Waals surface area contributed by atoms with E-state index in [9.17, 15) is 9.59 Å². The van der Waals surface area contributed by atoms with Gasteiger partial charge in [0.25, 0.3) is 5.91 Å². The molecule has 22 heavy (non-hydrogen) atoms. The summed E-state index contributed by atoms with van der Waals surface area (Å²) in [5, 5.41) is 7.47. The molecule has 2 aromatic rings. The fourth-order valence-electron chi connectivity index (χ4n) is 1.96. The number of aromatic nitrogens is 1. The summed E-state index contributed by atoms with van der Waals surface area (Å²) < 4.78 is 0. The number of carbonyl (C=O) groups excluding carboxylic acids is 2. The van der Waals surface area contributed by atoms with Gasteiger partial charge in [-0.1, -0.05) is 26.0 Å². The lowest BCUT2D eigenvalue weighted by molar-refractivity contribution is -0.124. The summed E-state index contributed by atoms with van der Waals surface area (Å²) >= 11 is 1.35. The van der Waals surface area contributed by atoms with Crippen molar-refractivity contribution in [2.75, 3.05) is 0 Å². The van der Waals surface area contributed by atoms with Crippen LogP contribution in [0.25, 0.3) is 0 Å². The van der Waals surface area contributed by atoms with Gasteiger partial charge in [-0.25, -0.2) is 0 Å². The molecule has 2 aromatic heterocycles. The van der Waals surface area contributed by atoms with Gasteiger partial charge in [0.2, 0.25) is 5.91 Å². The minimum atomic E-state index is -0.564. The Morgan fingerprint density at radius 1 is 1.27 bits per heavy atom. The molecule has 0 aliphatic rings. The first-order valence-electron chi connectivity index (χ1n) is 7.09. The number of hydrogen-bond donors (Lipinski definition) is 2. The van der Waals surface area contributed by atoms with Gasteiger partial charge in [0.1, 0.15) is 6.04 Å². The van der Waals surface area contributed by atoms with Crippen LogP contribution < -0.4 is 10.6 Å². The van der Waals surface area contributed by atoms with Crippen LogP contribution in [0.4, 0.5) is 0 Å². The molecule has 0 aliphatic heterocycles. The zero-order chi connectivity index (χ0) is 15.9. The van der Waals surface area contributed by atoms with Gasteiger partial charge in [-0.05, 0) is 29.0 Å². The molecule has 0 aromatic carbocycles. The van der Waals surface area contributed by atoms with Crippen molar-refractivity contribution in [3.8, 4) is 0 Å². The van der Waals surface area contributed by atoms with Crippen molar-refractivity contribution in [3.63, 3.8) is 0 Å². The fraction of sp³-hybridized carbons (Fsp3) is 0.312. The third kappa shape index (κ3) is 4.39. The third-order valence-electron chi connectivity index (χ3n) is 3.17. The summed E-state index contributed by atoms with van der Waals surface area (Å²) in [5.74, 6) is -0.410. The van der Waals surface area contributed by atoms with Crippen LogP contribution in [0.15, 0.2) is 42.0 Å². The molecule has 2 heterocycles. The zero-order valence-electron chi connectivity index (χ0n) is 12.6. The molecule has 116 valence electrons. The number of nitrogens with zero attached hydrogens (tertiary/aromatic N) is 1. The minimum Gasteiger partial charge on any atom is -0.350 e.